The molecule has 0 unspecified atom stereocenters. The second kappa shape index (κ2) is 7.98. The van der Waals surface area contributed by atoms with Gasteiger partial charge in [0, 0.05) is 19.2 Å². The molecule has 5 rings (SSSR count). The van der Waals surface area contributed by atoms with E-state index in [0.29, 0.717) is 49.1 Å². The fourth-order valence-electron chi connectivity index (χ4n) is 4.15. The number of aryl methyl sites for hydroxylation is 1. The van der Waals surface area contributed by atoms with Crippen LogP contribution in [0.1, 0.15) is 27.0 Å². The van der Waals surface area contributed by atoms with E-state index in [4.69, 9.17) is 21.1 Å². The van der Waals surface area contributed by atoms with Crippen LogP contribution in [0.25, 0.3) is 11.3 Å². The summed E-state index contributed by atoms with van der Waals surface area (Å²) in [6.45, 7) is 3.96. The van der Waals surface area contributed by atoms with Crippen LogP contribution in [0.5, 0.6) is 5.75 Å². The minimum Gasteiger partial charge on any atom is -0.489 e. The first-order chi connectivity index (χ1) is 15.0. The van der Waals surface area contributed by atoms with Gasteiger partial charge < -0.3 is 14.4 Å². The predicted molar refractivity (Wildman–Crippen MR) is 117 cm³/mol. The Hall–Kier alpha value is -2.90. The molecule has 3 aromatic rings. The van der Waals surface area contributed by atoms with Crippen molar-refractivity contribution in [1.29, 1.82) is 0 Å². The Kier molecular flexibility index (Phi) is 5.16. The van der Waals surface area contributed by atoms with Gasteiger partial charge in [-0.15, -0.1) is 5.10 Å². The zero-order chi connectivity index (χ0) is 21.5. The topological polar surface area (TPSA) is 69.5 Å². The lowest BCUT2D eigenvalue weighted by molar-refractivity contribution is -0.0109. The fraction of sp³-hybridized carbons (Fsp3) is 0.348. The highest BCUT2D eigenvalue weighted by molar-refractivity contribution is 6.33. The first kappa shape index (κ1) is 20.0. The van der Waals surface area contributed by atoms with Crippen LogP contribution in [-0.2, 0) is 18.2 Å². The molecule has 160 valence electrons. The molecular weight excluding hydrogens is 416 g/mol. The molecule has 2 aliphatic heterocycles. The number of carbonyl (C=O) groups is 1. The number of fused-ring (bicyclic) bond motifs is 2. The van der Waals surface area contributed by atoms with Gasteiger partial charge in [-0.3, -0.25) is 9.48 Å². The number of carbonyl (C=O) groups excluding carboxylic acids is 1. The largest absolute Gasteiger partial charge is 0.489 e. The van der Waals surface area contributed by atoms with Crippen LogP contribution >= 0.6 is 11.6 Å². The molecule has 2 aromatic carbocycles. The molecule has 0 bridgehead atoms. The van der Waals surface area contributed by atoms with Crippen molar-refractivity contribution >= 4 is 17.5 Å². The van der Waals surface area contributed by atoms with Gasteiger partial charge in [0.05, 0.1) is 36.0 Å². The third-order valence-corrected chi connectivity index (χ3v) is 6.41. The van der Waals surface area contributed by atoms with Gasteiger partial charge in [0.2, 0.25) is 0 Å². The van der Waals surface area contributed by atoms with Gasteiger partial charge in [-0.1, -0.05) is 41.1 Å². The minimum absolute atomic E-state index is 0.0399. The average molecular weight is 439 g/mol. The lowest BCUT2D eigenvalue weighted by atomic mass is 9.96. The first-order valence-electron chi connectivity index (χ1n) is 10.3. The monoisotopic (exact) mass is 438 g/mol. The minimum atomic E-state index is -0.0814. The van der Waals surface area contributed by atoms with Crippen molar-refractivity contribution in [3.05, 3.63) is 63.8 Å². The molecule has 8 heteroatoms. The van der Waals surface area contributed by atoms with Crippen molar-refractivity contribution < 1.29 is 14.3 Å². The number of amides is 1. The van der Waals surface area contributed by atoms with E-state index >= 15 is 0 Å². The molecule has 31 heavy (non-hydrogen) atoms. The maximum absolute atomic E-state index is 13.3. The molecule has 1 atom stereocenters. The fourth-order valence-corrected chi connectivity index (χ4v) is 4.43. The summed E-state index contributed by atoms with van der Waals surface area (Å²) in [6.07, 6.45) is 2.55. The molecule has 0 spiro atoms. The van der Waals surface area contributed by atoms with E-state index in [1.54, 1.807) is 4.68 Å². The maximum Gasteiger partial charge on any atom is 0.258 e. The number of hydrogen-bond donors (Lipinski definition) is 0. The first-order valence-corrected chi connectivity index (χ1v) is 10.7. The Morgan fingerprint density at radius 3 is 2.77 bits per heavy atom. The summed E-state index contributed by atoms with van der Waals surface area (Å²) in [7, 11) is 1.85. The van der Waals surface area contributed by atoms with Crippen LogP contribution in [-0.4, -0.2) is 58.2 Å². The number of benzene rings is 2. The number of nitrogens with zero attached hydrogens (tertiary/aromatic N) is 4. The van der Waals surface area contributed by atoms with E-state index in [2.05, 4.69) is 22.4 Å². The molecule has 2 aliphatic rings. The molecule has 7 nitrogen and oxygen atoms in total. The second-order valence-electron chi connectivity index (χ2n) is 8.04. The van der Waals surface area contributed by atoms with Crippen LogP contribution < -0.4 is 4.74 Å². The Bertz CT molecular complexity index is 1140. The molecular formula is C23H23ClN4O3. The lowest BCUT2D eigenvalue weighted by Crippen LogP contribution is -2.50. The summed E-state index contributed by atoms with van der Waals surface area (Å²) in [6, 6.07) is 10.1. The van der Waals surface area contributed by atoms with E-state index < -0.39 is 0 Å². The van der Waals surface area contributed by atoms with Crippen molar-refractivity contribution in [3.63, 3.8) is 0 Å². The number of hydrogen-bond acceptors (Lipinski definition) is 5. The molecule has 1 saturated heterocycles. The average Bonchev–Trinajstić information content (AvgIpc) is 3.16. The standard InChI is InChI=1S/C23H23ClN4O3/c1-14-17(9-15-3-5-16(6-4-15)20-11-27(2)26-25-20)10-19-22(21(14)24)31-13-18-12-30-8-7-28(18)23(19)29/h3-6,10-11,18H,7-9,12-13H2,1-2H3/t18-/m1/s1. The van der Waals surface area contributed by atoms with E-state index in [0.717, 1.165) is 27.9 Å². The molecule has 1 amide bonds. The zero-order valence-corrected chi connectivity index (χ0v) is 18.2. The van der Waals surface area contributed by atoms with Crippen LogP contribution in [0.15, 0.2) is 36.5 Å². The normalized spacial score (nSPS) is 18.2. The summed E-state index contributed by atoms with van der Waals surface area (Å²) < 4.78 is 13.2. The van der Waals surface area contributed by atoms with Crippen molar-refractivity contribution in [2.45, 2.75) is 19.4 Å². The predicted octanol–water partition coefficient (Wildman–Crippen LogP) is 3.27. The highest BCUT2D eigenvalue weighted by atomic mass is 35.5. The smallest absolute Gasteiger partial charge is 0.258 e. The number of morpholine rings is 1. The van der Waals surface area contributed by atoms with Gasteiger partial charge in [-0.2, -0.15) is 0 Å². The number of ether oxygens (including phenoxy) is 2. The van der Waals surface area contributed by atoms with Crippen LogP contribution in [0.4, 0.5) is 0 Å². The number of rotatable bonds is 3. The van der Waals surface area contributed by atoms with Gasteiger partial charge in [0.25, 0.3) is 5.91 Å². The maximum atomic E-state index is 13.3. The molecule has 1 fully saturated rings. The number of halogens is 1. The summed E-state index contributed by atoms with van der Waals surface area (Å²) in [5, 5.41) is 8.65. The highest BCUT2D eigenvalue weighted by Gasteiger charge is 2.35. The third kappa shape index (κ3) is 3.68. The molecule has 0 radical (unpaired) electrons. The molecule has 1 aromatic heterocycles. The van der Waals surface area contributed by atoms with Crippen molar-refractivity contribution in [2.24, 2.45) is 7.05 Å². The quantitative estimate of drug-likeness (QED) is 0.627. The molecule has 3 heterocycles. The van der Waals surface area contributed by atoms with Gasteiger partial charge in [-0.05, 0) is 36.1 Å². The van der Waals surface area contributed by atoms with Gasteiger partial charge in [-0.25, -0.2) is 0 Å². The van der Waals surface area contributed by atoms with Crippen molar-refractivity contribution in [3.8, 4) is 17.0 Å². The Labute approximate surface area is 185 Å². The Morgan fingerprint density at radius 1 is 1.23 bits per heavy atom. The summed E-state index contributed by atoms with van der Waals surface area (Å²) in [4.78, 5) is 15.1. The molecule has 0 N–H and O–H groups in total. The summed E-state index contributed by atoms with van der Waals surface area (Å²) >= 11 is 6.68. The van der Waals surface area contributed by atoms with Crippen LogP contribution in [0.2, 0.25) is 5.02 Å². The summed E-state index contributed by atoms with van der Waals surface area (Å²) in [5.41, 5.74) is 5.45. The molecule has 0 saturated carbocycles. The van der Waals surface area contributed by atoms with Gasteiger partial charge in [0.15, 0.2) is 5.75 Å². The number of aromatic nitrogens is 3. The highest BCUT2D eigenvalue weighted by Crippen LogP contribution is 2.38. The third-order valence-electron chi connectivity index (χ3n) is 5.96. The Morgan fingerprint density at radius 2 is 2.03 bits per heavy atom. The van der Waals surface area contributed by atoms with Gasteiger partial charge in [0.1, 0.15) is 12.3 Å². The van der Waals surface area contributed by atoms with E-state index in [1.165, 1.54) is 0 Å². The van der Waals surface area contributed by atoms with Gasteiger partial charge >= 0.3 is 0 Å². The Balaban J connectivity index is 1.45. The SMILES string of the molecule is Cc1c(Cc2ccc(-c3cn(C)nn3)cc2)cc2c(c1Cl)OC[C@H]1COCCN1C2=O. The molecule has 0 aliphatic carbocycles. The van der Waals surface area contributed by atoms with E-state index in [9.17, 15) is 4.79 Å². The second-order valence-corrected chi connectivity index (χ2v) is 8.42. The van der Waals surface area contributed by atoms with Crippen LogP contribution in [0, 0.1) is 6.92 Å². The zero-order valence-electron chi connectivity index (χ0n) is 17.5. The van der Waals surface area contributed by atoms with Crippen molar-refractivity contribution in [1.82, 2.24) is 19.9 Å². The van der Waals surface area contributed by atoms with Crippen LogP contribution in [0.3, 0.4) is 0 Å². The van der Waals surface area contributed by atoms with Crippen molar-refractivity contribution in [2.75, 3.05) is 26.4 Å². The lowest BCUT2D eigenvalue weighted by Gasteiger charge is -2.33. The van der Waals surface area contributed by atoms with E-state index in [-0.39, 0.29) is 11.9 Å². The summed E-state index contributed by atoms with van der Waals surface area (Å²) in [5.74, 6) is 0.447. The van der Waals surface area contributed by atoms with E-state index in [1.807, 2.05) is 43.3 Å².